The number of rotatable bonds is 8. The van der Waals surface area contributed by atoms with E-state index in [0.717, 1.165) is 12.8 Å². The van der Waals surface area contributed by atoms with E-state index in [4.69, 9.17) is 38.4 Å². The van der Waals surface area contributed by atoms with Gasteiger partial charge in [0.2, 0.25) is 0 Å². The molecular formula is C22H27Cl2FN4O4. The summed E-state index contributed by atoms with van der Waals surface area (Å²) in [6.07, 6.45) is 3.77. The Bertz CT molecular complexity index is 987. The lowest BCUT2D eigenvalue weighted by atomic mass is 9.64. The standard InChI is InChI=1S/C15H20ClFN2O2.C7H7ClN2O2/c1-14(18-3)8-15(2,9-14)19-13(20)7-21-10-4-5-11(16)12(17)6-10;8-6-3-5(12-2-1-11)4-10-7(6)9/h4-6,18H,7-9H2,1-3H3,(H,19,20);1,3-4H,2H2,(H2,9,10). The van der Waals surface area contributed by atoms with Crippen LogP contribution in [0, 0.1) is 5.82 Å². The van der Waals surface area contributed by atoms with Crippen LogP contribution in [-0.2, 0) is 9.59 Å². The first-order valence-corrected chi connectivity index (χ1v) is 10.8. The lowest BCUT2D eigenvalue weighted by molar-refractivity contribution is -0.127. The molecule has 1 heterocycles. The Hall–Kier alpha value is -2.62. The van der Waals surface area contributed by atoms with Crippen LogP contribution in [0.25, 0.3) is 0 Å². The van der Waals surface area contributed by atoms with Gasteiger partial charge in [-0.15, -0.1) is 0 Å². The molecule has 11 heteroatoms. The molecule has 0 bridgehead atoms. The first-order valence-electron chi connectivity index (χ1n) is 10.0. The minimum atomic E-state index is -0.565. The largest absolute Gasteiger partial charge is 0.484 e. The number of amides is 1. The van der Waals surface area contributed by atoms with Crippen molar-refractivity contribution in [3.8, 4) is 11.5 Å². The van der Waals surface area contributed by atoms with Gasteiger partial charge < -0.3 is 25.8 Å². The minimum absolute atomic E-state index is 0.0120. The second kappa shape index (κ2) is 11.5. The molecule has 0 radical (unpaired) electrons. The number of nitrogens with one attached hydrogen (secondary N) is 2. The average molecular weight is 501 g/mol. The number of benzene rings is 1. The van der Waals surface area contributed by atoms with Crippen LogP contribution in [0.5, 0.6) is 11.5 Å². The molecule has 1 aromatic heterocycles. The van der Waals surface area contributed by atoms with Gasteiger partial charge in [0.05, 0.1) is 16.2 Å². The number of hydrogen-bond donors (Lipinski definition) is 3. The number of aldehydes is 1. The molecule has 180 valence electrons. The van der Waals surface area contributed by atoms with Crippen LogP contribution in [0.2, 0.25) is 10.0 Å². The fourth-order valence-corrected chi connectivity index (χ4v) is 3.94. The van der Waals surface area contributed by atoms with Gasteiger partial charge in [-0.05, 0) is 45.9 Å². The molecule has 0 atom stereocenters. The first kappa shape index (κ1) is 26.6. The van der Waals surface area contributed by atoms with Gasteiger partial charge in [0, 0.05) is 23.2 Å². The number of carbonyl (C=O) groups excluding carboxylic acids is 2. The zero-order chi connectivity index (χ0) is 24.6. The molecule has 0 aliphatic heterocycles. The Kier molecular flexibility index (Phi) is 9.27. The van der Waals surface area contributed by atoms with Crippen LogP contribution >= 0.6 is 23.2 Å². The molecule has 4 N–H and O–H groups in total. The van der Waals surface area contributed by atoms with Crippen molar-refractivity contribution in [1.29, 1.82) is 0 Å². The van der Waals surface area contributed by atoms with Crippen LogP contribution in [0.1, 0.15) is 26.7 Å². The average Bonchev–Trinajstić information content (AvgIpc) is 2.74. The molecular weight excluding hydrogens is 474 g/mol. The maximum absolute atomic E-state index is 13.2. The Morgan fingerprint density at radius 3 is 2.45 bits per heavy atom. The molecule has 2 aromatic rings. The molecule has 8 nitrogen and oxygen atoms in total. The van der Waals surface area contributed by atoms with Gasteiger partial charge in [0.25, 0.3) is 5.91 Å². The van der Waals surface area contributed by atoms with E-state index in [0.29, 0.717) is 17.1 Å². The van der Waals surface area contributed by atoms with Crippen molar-refractivity contribution in [2.75, 3.05) is 26.0 Å². The van der Waals surface area contributed by atoms with Crippen LogP contribution in [0.4, 0.5) is 10.2 Å². The van der Waals surface area contributed by atoms with Crippen molar-refractivity contribution in [2.45, 2.75) is 37.8 Å². The highest BCUT2D eigenvalue weighted by Gasteiger charge is 2.48. The van der Waals surface area contributed by atoms with E-state index in [1.165, 1.54) is 30.5 Å². The van der Waals surface area contributed by atoms with Gasteiger partial charge in [0.15, 0.2) is 12.9 Å². The number of nitrogen functional groups attached to an aromatic ring is 1. The summed E-state index contributed by atoms with van der Waals surface area (Å²) in [5.74, 6) is 0.179. The summed E-state index contributed by atoms with van der Waals surface area (Å²) in [6.45, 7) is 3.97. The molecule has 3 rings (SSSR count). The fraction of sp³-hybridized carbons (Fsp3) is 0.409. The maximum Gasteiger partial charge on any atom is 0.258 e. The second-order valence-corrected chi connectivity index (χ2v) is 8.97. The summed E-state index contributed by atoms with van der Waals surface area (Å²) >= 11 is 11.2. The number of pyridine rings is 1. The molecule has 1 amide bonds. The molecule has 33 heavy (non-hydrogen) atoms. The summed E-state index contributed by atoms with van der Waals surface area (Å²) in [4.78, 5) is 25.6. The maximum atomic E-state index is 13.2. The Labute approximate surface area is 201 Å². The smallest absolute Gasteiger partial charge is 0.258 e. The Morgan fingerprint density at radius 1 is 1.18 bits per heavy atom. The van der Waals surface area contributed by atoms with Crippen molar-refractivity contribution in [3.05, 3.63) is 46.3 Å². The Morgan fingerprint density at radius 2 is 1.88 bits per heavy atom. The summed E-state index contributed by atoms with van der Waals surface area (Å²) in [5, 5.41) is 6.54. The number of ether oxygens (including phenoxy) is 2. The third-order valence-electron chi connectivity index (χ3n) is 5.03. The SMILES string of the molecule is CNC1(C)CC(C)(NC(=O)COc2ccc(Cl)c(F)c2)C1.Nc1ncc(OCC=O)cc1Cl. The van der Waals surface area contributed by atoms with E-state index < -0.39 is 5.82 Å². The predicted octanol–water partition coefficient (Wildman–Crippen LogP) is 3.40. The highest BCUT2D eigenvalue weighted by Crippen LogP contribution is 2.40. The zero-order valence-electron chi connectivity index (χ0n) is 18.6. The molecule has 0 spiro atoms. The molecule has 0 saturated heterocycles. The van der Waals surface area contributed by atoms with Gasteiger partial charge in [-0.1, -0.05) is 23.2 Å². The number of carbonyl (C=O) groups is 2. The van der Waals surface area contributed by atoms with E-state index in [-0.39, 0.29) is 46.8 Å². The molecule has 1 fully saturated rings. The number of halogens is 3. The molecule has 1 saturated carbocycles. The quantitative estimate of drug-likeness (QED) is 0.475. The number of aromatic nitrogens is 1. The van der Waals surface area contributed by atoms with Crippen molar-refractivity contribution < 1.29 is 23.5 Å². The van der Waals surface area contributed by atoms with Crippen molar-refractivity contribution in [1.82, 2.24) is 15.6 Å². The summed E-state index contributed by atoms with van der Waals surface area (Å²) in [7, 11) is 1.92. The van der Waals surface area contributed by atoms with Crippen molar-refractivity contribution in [3.63, 3.8) is 0 Å². The predicted molar refractivity (Wildman–Crippen MR) is 125 cm³/mol. The van der Waals surface area contributed by atoms with E-state index in [2.05, 4.69) is 22.5 Å². The van der Waals surface area contributed by atoms with Gasteiger partial charge in [0.1, 0.15) is 29.7 Å². The van der Waals surface area contributed by atoms with Crippen LogP contribution < -0.4 is 25.8 Å². The second-order valence-electron chi connectivity index (χ2n) is 8.15. The minimum Gasteiger partial charge on any atom is -0.484 e. The van der Waals surface area contributed by atoms with Crippen LogP contribution in [-0.4, -0.2) is 48.5 Å². The fourth-order valence-electron chi connectivity index (χ4n) is 3.66. The number of hydrogen-bond acceptors (Lipinski definition) is 7. The first-order chi connectivity index (χ1) is 15.5. The molecule has 1 aliphatic carbocycles. The van der Waals surface area contributed by atoms with E-state index in [1.54, 1.807) is 0 Å². The topological polar surface area (TPSA) is 116 Å². The lowest BCUT2D eigenvalue weighted by Gasteiger charge is -2.53. The lowest BCUT2D eigenvalue weighted by Crippen LogP contribution is -2.67. The normalized spacial score (nSPS) is 21.2. The van der Waals surface area contributed by atoms with Gasteiger partial charge in [-0.2, -0.15) is 0 Å². The highest BCUT2D eigenvalue weighted by atomic mass is 35.5. The monoisotopic (exact) mass is 500 g/mol. The molecule has 1 aromatic carbocycles. The summed E-state index contributed by atoms with van der Waals surface area (Å²) < 4.78 is 23.4. The highest BCUT2D eigenvalue weighted by molar-refractivity contribution is 6.32. The number of anilines is 1. The third kappa shape index (κ3) is 8.03. The van der Waals surface area contributed by atoms with E-state index in [9.17, 15) is 14.0 Å². The van der Waals surface area contributed by atoms with Gasteiger partial charge >= 0.3 is 0 Å². The summed E-state index contributed by atoms with van der Waals surface area (Å²) in [6, 6.07) is 5.60. The van der Waals surface area contributed by atoms with Crippen molar-refractivity contribution >= 4 is 41.2 Å². The van der Waals surface area contributed by atoms with E-state index >= 15 is 0 Å². The Balaban J connectivity index is 0.000000273. The van der Waals surface area contributed by atoms with Crippen LogP contribution in [0.15, 0.2) is 30.5 Å². The molecule has 1 aliphatic rings. The van der Waals surface area contributed by atoms with Crippen molar-refractivity contribution in [2.24, 2.45) is 0 Å². The molecule has 0 unspecified atom stereocenters. The third-order valence-corrected chi connectivity index (χ3v) is 5.64. The number of nitrogens with two attached hydrogens (primary N) is 1. The zero-order valence-corrected chi connectivity index (χ0v) is 20.1. The van der Waals surface area contributed by atoms with E-state index in [1.807, 2.05) is 14.0 Å². The van der Waals surface area contributed by atoms with Gasteiger partial charge in [-0.3, -0.25) is 9.59 Å². The number of nitrogens with zero attached hydrogens (tertiary/aromatic N) is 1. The van der Waals surface area contributed by atoms with Gasteiger partial charge in [-0.25, -0.2) is 9.37 Å². The van der Waals surface area contributed by atoms with Crippen LogP contribution in [0.3, 0.4) is 0 Å². The summed E-state index contributed by atoms with van der Waals surface area (Å²) in [5.41, 5.74) is 5.20.